The summed E-state index contributed by atoms with van der Waals surface area (Å²) in [5.74, 6) is -0.391. The highest BCUT2D eigenvalue weighted by atomic mass is 19.1. The van der Waals surface area contributed by atoms with Crippen LogP contribution in [0.4, 0.5) is 4.39 Å². The fourth-order valence-corrected chi connectivity index (χ4v) is 3.99. The van der Waals surface area contributed by atoms with Crippen molar-refractivity contribution in [2.24, 2.45) is 0 Å². The average molecular weight is 441 g/mol. The van der Waals surface area contributed by atoms with Gasteiger partial charge in [-0.25, -0.2) is 4.39 Å². The van der Waals surface area contributed by atoms with Crippen LogP contribution in [0.2, 0.25) is 0 Å². The Morgan fingerprint density at radius 1 is 1.09 bits per heavy atom. The standard InChI is InChI=1S/C26H33FN2O3/c1-18-13-14-23(15-19(18)2)32-17-25(30)29(16-21-9-7-8-12-24(21)27)20(3)26(31)28-22-10-5-4-6-11-22/h7-9,12-15,20,22H,4-6,10-11,16-17H2,1-3H3,(H,28,31)/t20-/m1/s1. The van der Waals surface area contributed by atoms with E-state index in [0.717, 1.165) is 36.8 Å². The zero-order chi connectivity index (χ0) is 23.1. The molecule has 2 aromatic carbocycles. The van der Waals surface area contributed by atoms with Gasteiger partial charge in [-0.2, -0.15) is 0 Å². The quantitative estimate of drug-likeness (QED) is 0.648. The van der Waals surface area contributed by atoms with Crippen molar-refractivity contribution in [1.29, 1.82) is 0 Å². The van der Waals surface area contributed by atoms with Gasteiger partial charge in [0, 0.05) is 18.2 Å². The smallest absolute Gasteiger partial charge is 0.261 e. The number of hydrogen-bond donors (Lipinski definition) is 1. The molecule has 2 aromatic rings. The molecule has 1 aliphatic rings. The highest BCUT2D eigenvalue weighted by Gasteiger charge is 2.29. The zero-order valence-corrected chi connectivity index (χ0v) is 19.2. The molecule has 172 valence electrons. The van der Waals surface area contributed by atoms with Crippen LogP contribution in [-0.4, -0.2) is 35.4 Å². The maximum Gasteiger partial charge on any atom is 0.261 e. The molecule has 0 bridgehead atoms. The minimum absolute atomic E-state index is 0.00104. The molecule has 32 heavy (non-hydrogen) atoms. The van der Waals surface area contributed by atoms with Crippen molar-refractivity contribution in [3.05, 3.63) is 65.0 Å². The van der Waals surface area contributed by atoms with Gasteiger partial charge in [-0.15, -0.1) is 0 Å². The molecule has 1 fully saturated rings. The number of rotatable bonds is 8. The maximum absolute atomic E-state index is 14.3. The Hall–Kier alpha value is -2.89. The normalized spacial score (nSPS) is 15.1. The first-order valence-corrected chi connectivity index (χ1v) is 11.4. The third-order valence-corrected chi connectivity index (χ3v) is 6.26. The molecule has 0 aliphatic heterocycles. The number of hydrogen-bond acceptors (Lipinski definition) is 3. The predicted octanol–water partition coefficient (Wildman–Crippen LogP) is 4.69. The summed E-state index contributed by atoms with van der Waals surface area (Å²) in [5.41, 5.74) is 2.57. The van der Waals surface area contributed by atoms with E-state index in [2.05, 4.69) is 5.32 Å². The van der Waals surface area contributed by atoms with Crippen molar-refractivity contribution in [3.63, 3.8) is 0 Å². The lowest BCUT2D eigenvalue weighted by Crippen LogP contribution is -2.51. The Morgan fingerprint density at radius 2 is 1.81 bits per heavy atom. The second-order valence-electron chi connectivity index (χ2n) is 8.67. The van der Waals surface area contributed by atoms with Crippen LogP contribution in [0.1, 0.15) is 55.7 Å². The number of carbonyl (C=O) groups is 2. The Bertz CT molecular complexity index is 940. The van der Waals surface area contributed by atoms with Crippen LogP contribution in [0, 0.1) is 19.7 Å². The molecule has 1 aliphatic carbocycles. The second-order valence-corrected chi connectivity index (χ2v) is 8.67. The van der Waals surface area contributed by atoms with Crippen molar-refractivity contribution < 1.29 is 18.7 Å². The van der Waals surface area contributed by atoms with Crippen molar-refractivity contribution in [3.8, 4) is 5.75 Å². The van der Waals surface area contributed by atoms with Crippen molar-refractivity contribution in [1.82, 2.24) is 10.2 Å². The lowest BCUT2D eigenvalue weighted by Gasteiger charge is -2.31. The van der Waals surface area contributed by atoms with E-state index in [0.29, 0.717) is 11.3 Å². The first-order valence-electron chi connectivity index (χ1n) is 11.4. The lowest BCUT2D eigenvalue weighted by molar-refractivity contribution is -0.142. The van der Waals surface area contributed by atoms with Crippen LogP contribution in [0.25, 0.3) is 0 Å². The molecule has 0 saturated heterocycles. The van der Waals surface area contributed by atoms with E-state index >= 15 is 0 Å². The van der Waals surface area contributed by atoms with Gasteiger partial charge in [0.05, 0.1) is 0 Å². The molecule has 0 unspecified atom stereocenters. The monoisotopic (exact) mass is 440 g/mol. The van der Waals surface area contributed by atoms with Gasteiger partial charge in [0.2, 0.25) is 5.91 Å². The Morgan fingerprint density at radius 3 is 2.50 bits per heavy atom. The van der Waals surface area contributed by atoms with Gasteiger partial charge in [-0.3, -0.25) is 9.59 Å². The number of aryl methyl sites for hydroxylation is 2. The summed E-state index contributed by atoms with van der Waals surface area (Å²) < 4.78 is 20.0. The largest absolute Gasteiger partial charge is 0.484 e. The molecular formula is C26H33FN2O3. The van der Waals surface area contributed by atoms with E-state index < -0.39 is 11.9 Å². The number of ether oxygens (including phenoxy) is 1. The molecule has 0 heterocycles. The van der Waals surface area contributed by atoms with Crippen LogP contribution in [-0.2, 0) is 16.1 Å². The van der Waals surface area contributed by atoms with Gasteiger partial charge in [0.1, 0.15) is 17.6 Å². The van der Waals surface area contributed by atoms with Crippen LogP contribution in [0.5, 0.6) is 5.75 Å². The van der Waals surface area contributed by atoms with Gasteiger partial charge in [0.25, 0.3) is 5.91 Å². The fourth-order valence-electron chi connectivity index (χ4n) is 3.99. The first-order chi connectivity index (χ1) is 15.3. The van der Waals surface area contributed by atoms with E-state index in [9.17, 15) is 14.0 Å². The number of benzene rings is 2. The van der Waals surface area contributed by atoms with Crippen LogP contribution in [0.3, 0.4) is 0 Å². The molecule has 3 rings (SSSR count). The van der Waals surface area contributed by atoms with Crippen LogP contribution < -0.4 is 10.1 Å². The number of nitrogens with zero attached hydrogens (tertiary/aromatic N) is 1. The summed E-state index contributed by atoms with van der Waals surface area (Å²) in [5, 5.41) is 3.07. The third kappa shape index (κ3) is 6.31. The molecular weight excluding hydrogens is 407 g/mol. The van der Waals surface area contributed by atoms with Gasteiger partial charge in [-0.1, -0.05) is 43.5 Å². The van der Waals surface area contributed by atoms with Gasteiger partial charge < -0.3 is 15.0 Å². The second kappa shape index (κ2) is 11.1. The molecule has 2 amide bonds. The minimum Gasteiger partial charge on any atom is -0.484 e. The van der Waals surface area contributed by atoms with E-state index in [1.54, 1.807) is 25.1 Å². The lowest BCUT2D eigenvalue weighted by atomic mass is 9.95. The van der Waals surface area contributed by atoms with Crippen molar-refractivity contribution in [2.75, 3.05) is 6.61 Å². The molecule has 6 heteroatoms. The number of carbonyl (C=O) groups excluding carboxylic acids is 2. The maximum atomic E-state index is 14.3. The molecule has 0 aromatic heterocycles. The van der Waals surface area contributed by atoms with Crippen LogP contribution in [0.15, 0.2) is 42.5 Å². The Balaban J connectivity index is 1.72. The highest BCUT2D eigenvalue weighted by Crippen LogP contribution is 2.20. The highest BCUT2D eigenvalue weighted by molar-refractivity contribution is 5.88. The SMILES string of the molecule is Cc1ccc(OCC(=O)N(Cc2ccccc2F)[C@H](C)C(=O)NC2CCCCC2)cc1C. The number of amides is 2. The van der Waals surface area contributed by atoms with Gasteiger partial charge in [-0.05, 0) is 62.9 Å². The van der Waals surface area contributed by atoms with E-state index in [-0.39, 0.29) is 31.0 Å². The molecule has 5 nitrogen and oxygen atoms in total. The topological polar surface area (TPSA) is 58.6 Å². The minimum atomic E-state index is -0.743. The summed E-state index contributed by atoms with van der Waals surface area (Å²) in [7, 11) is 0. The van der Waals surface area contributed by atoms with Crippen LogP contribution >= 0.6 is 0 Å². The van der Waals surface area contributed by atoms with Crippen molar-refractivity contribution in [2.45, 2.75) is 71.5 Å². The fraction of sp³-hybridized carbons (Fsp3) is 0.462. The van der Waals surface area contributed by atoms with E-state index in [1.165, 1.54) is 17.4 Å². The summed E-state index contributed by atoms with van der Waals surface area (Å²) >= 11 is 0. The Labute approximate surface area is 190 Å². The molecule has 0 spiro atoms. The average Bonchev–Trinajstić information content (AvgIpc) is 2.79. The van der Waals surface area contributed by atoms with Gasteiger partial charge >= 0.3 is 0 Å². The zero-order valence-electron chi connectivity index (χ0n) is 19.2. The summed E-state index contributed by atoms with van der Waals surface area (Å²) in [6.45, 7) is 5.45. The summed E-state index contributed by atoms with van der Waals surface area (Å²) in [4.78, 5) is 27.5. The van der Waals surface area contributed by atoms with Gasteiger partial charge in [0.15, 0.2) is 6.61 Å². The molecule has 1 atom stereocenters. The number of halogens is 1. The summed E-state index contributed by atoms with van der Waals surface area (Å²) in [6.07, 6.45) is 5.29. The Kier molecular flexibility index (Phi) is 8.26. The summed E-state index contributed by atoms with van der Waals surface area (Å²) in [6, 6.07) is 11.3. The third-order valence-electron chi connectivity index (χ3n) is 6.26. The molecule has 1 saturated carbocycles. The molecule has 1 N–H and O–H groups in total. The van der Waals surface area contributed by atoms with E-state index in [1.807, 2.05) is 32.0 Å². The number of nitrogens with one attached hydrogen (secondary N) is 1. The van der Waals surface area contributed by atoms with Crippen molar-refractivity contribution >= 4 is 11.8 Å². The first kappa shape index (κ1) is 23.8. The van der Waals surface area contributed by atoms with E-state index in [4.69, 9.17) is 4.74 Å². The molecule has 0 radical (unpaired) electrons. The predicted molar refractivity (Wildman–Crippen MR) is 123 cm³/mol.